The molecule has 0 amide bonds. The van der Waals surface area contributed by atoms with Gasteiger partial charge in [0, 0.05) is 18.8 Å². The Morgan fingerprint density at radius 2 is 2.21 bits per heavy atom. The zero-order valence-corrected chi connectivity index (χ0v) is 12.1. The molecule has 0 aromatic heterocycles. The van der Waals surface area contributed by atoms with Gasteiger partial charge in [-0.25, -0.2) is 0 Å². The first-order chi connectivity index (χ1) is 9.33. The summed E-state index contributed by atoms with van der Waals surface area (Å²) in [5.74, 6) is 1.72. The summed E-state index contributed by atoms with van der Waals surface area (Å²) in [5.41, 5.74) is 3.04. The van der Waals surface area contributed by atoms with Crippen LogP contribution in [0.15, 0.2) is 24.3 Å². The monoisotopic (exact) mass is 258 g/mol. The Labute approximate surface area is 117 Å². The van der Waals surface area contributed by atoms with Gasteiger partial charge in [0.15, 0.2) is 0 Å². The maximum Gasteiger partial charge on any atom is 0.0398 e. The van der Waals surface area contributed by atoms with Gasteiger partial charge in [0.1, 0.15) is 0 Å². The van der Waals surface area contributed by atoms with Crippen LogP contribution in [0.5, 0.6) is 0 Å². The van der Waals surface area contributed by atoms with E-state index in [-0.39, 0.29) is 0 Å². The third-order valence-corrected chi connectivity index (χ3v) is 4.64. The molecule has 2 heterocycles. The predicted octanol–water partition coefficient (Wildman–Crippen LogP) is 3.07. The molecule has 0 radical (unpaired) electrons. The number of hydrogen-bond acceptors (Lipinski definition) is 2. The van der Waals surface area contributed by atoms with Gasteiger partial charge in [-0.3, -0.25) is 0 Å². The Hall–Kier alpha value is -1.02. The smallest absolute Gasteiger partial charge is 0.0398 e. The largest absolute Gasteiger partial charge is 0.371 e. The number of nitrogens with zero attached hydrogens (tertiary/aromatic N) is 1. The second-order valence-electron chi connectivity index (χ2n) is 6.39. The predicted molar refractivity (Wildman–Crippen MR) is 81.7 cm³/mol. The molecule has 0 spiro atoms. The number of fused-ring (bicyclic) bond motifs is 1. The van der Waals surface area contributed by atoms with Crippen molar-refractivity contribution in [1.29, 1.82) is 0 Å². The van der Waals surface area contributed by atoms with Crippen LogP contribution in [0.2, 0.25) is 0 Å². The lowest BCUT2D eigenvalue weighted by Gasteiger charge is -2.35. The highest BCUT2D eigenvalue weighted by molar-refractivity contribution is 5.55. The fourth-order valence-electron chi connectivity index (χ4n) is 3.65. The summed E-state index contributed by atoms with van der Waals surface area (Å²) < 4.78 is 0. The van der Waals surface area contributed by atoms with E-state index in [1.54, 1.807) is 5.56 Å². The van der Waals surface area contributed by atoms with Crippen LogP contribution in [0.3, 0.4) is 0 Å². The molecule has 2 aliphatic rings. The van der Waals surface area contributed by atoms with Crippen LogP contribution in [0.1, 0.15) is 31.7 Å². The first-order valence-corrected chi connectivity index (χ1v) is 7.86. The normalized spacial score (nSPS) is 26.5. The third kappa shape index (κ3) is 3.11. The van der Waals surface area contributed by atoms with Crippen molar-refractivity contribution < 1.29 is 0 Å². The lowest BCUT2D eigenvalue weighted by atomic mass is 9.93. The van der Waals surface area contributed by atoms with E-state index in [1.807, 2.05) is 0 Å². The van der Waals surface area contributed by atoms with Crippen molar-refractivity contribution in [1.82, 2.24) is 5.32 Å². The Morgan fingerprint density at radius 1 is 1.32 bits per heavy atom. The van der Waals surface area contributed by atoms with Crippen molar-refractivity contribution in [2.45, 2.75) is 32.6 Å². The summed E-state index contributed by atoms with van der Waals surface area (Å²) in [7, 11) is 0. The highest BCUT2D eigenvalue weighted by Gasteiger charge is 2.21. The van der Waals surface area contributed by atoms with E-state index in [0.717, 1.165) is 11.8 Å². The lowest BCUT2D eigenvalue weighted by molar-refractivity contribution is 0.482. The Kier molecular flexibility index (Phi) is 4.07. The summed E-state index contributed by atoms with van der Waals surface area (Å²) >= 11 is 0. The van der Waals surface area contributed by atoms with E-state index in [0.29, 0.717) is 0 Å². The quantitative estimate of drug-likeness (QED) is 0.893. The number of para-hydroxylation sites is 1. The molecule has 1 fully saturated rings. The van der Waals surface area contributed by atoms with Crippen molar-refractivity contribution in [3.05, 3.63) is 29.8 Å². The number of benzene rings is 1. The van der Waals surface area contributed by atoms with Gasteiger partial charge in [0.25, 0.3) is 0 Å². The van der Waals surface area contributed by atoms with Gasteiger partial charge >= 0.3 is 0 Å². The Balaban J connectivity index is 1.58. The van der Waals surface area contributed by atoms with Gasteiger partial charge in [-0.1, -0.05) is 25.1 Å². The average Bonchev–Trinajstić information content (AvgIpc) is 2.91. The van der Waals surface area contributed by atoms with Gasteiger partial charge in [0.05, 0.1) is 0 Å². The molecule has 3 rings (SSSR count). The van der Waals surface area contributed by atoms with Crippen LogP contribution in [-0.4, -0.2) is 26.2 Å². The van der Waals surface area contributed by atoms with Crippen molar-refractivity contribution in [3.63, 3.8) is 0 Å². The van der Waals surface area contributed by atoms with E-state index in [2.05, 4.69) is 41.4 Å². The molecule has 104 valence electrons. The first kappa shape index (κ1) is 13.0. The van der Waals surface area contributed by atoms with Crippen LogP contribution in [0, 0.1) is 11.8 Å². The van der Waals surface area contributed by atoms with E-state index >= 15 is 0 Å². The van der Waals surface area contributed by atoms with Crippen LogP contribution in [-0.2, 0) is 6.42 Å². The molecule has 2 heteroatoms. The molecule has 2 aliphatic heterocycles. The molecule has 0 aliphatic carbocycles. The van der Waals surface area contributed by atoms with Gasteiger partial charge in [0.2, 0.25) is 0 Å². The minimum atomic E-state index is 0.794. The molecule has 0 saturated carbocycles. The Bertz CT molecular complexity index is 409. The summed E-state index contributed by atoms with van der Waals surface area (Å²) in [5, 5.41) is 3.47. The van der Waals surface area contributed by atoms with Gasteiger partial charge in [-0.05, 0) is 62.2 Å². The van der Waals surface area contributed by atoms with E-state index in [9.17, 15) is 0 Å². The fraction of sp³-hybridized carbons (Fsp3) is 0.647. The minimum absolute atomic E-state index is 0.794. The topological polar surface area (TPSA) is 15.3 Å². The number of anilines is 1. The maximum atomic E-state index is 3.47. The highest BCUT2D eigenvalue weighted by Crippen LogP contribution is 2.29. The number of nitrogens with one attached hydrogen (secondary N) is 1. The highest BCUT2D eigenvalue weighted by atomic mass is 15.1. The minimum Gasteiger partial charge on any atom is -0.371 e. The van der Waals surface area contributed by atoms with Gasteiger partial charge in [-0.15, -0.1) is 0 Å². The van der Waals surface area contributed by atoms with E-state index < -0.39 is 0 Å². The molecular formula is C17H26N2. The number of hydrogen-bond donors (Lipinski definition) is 1. The summed E-state index contributed by atoms with van der Waals surface area (Å²) in [6.45, 7) is 7.32. The van der Waals surface area contributed by atoms with Crippen molar-refractivity contribution in [2.24, 2.45) is 11.8 Å². The molecule has 19 heavy (non-hydrogen) atoms. The van der Waals surface area contributed by atoms with Gasteiger partial charge in [-0.2, -0.15) is 0 Å². The average molecular weight is 258 g/mol. The SMILES string of the molecule is CC1Cc2ccccc2N(CCCC2CCNC2)C1. The second-order valence-corrected chi connectivity index (χ2v) is 6.39. The summed E-state index contributed by atoms with van der Waals surface area (Å²) in [6, 6.07) is 8.97. The van der Waals surface area contributed by atoms with Crippen LogP contribution >= 0.6 is 0 Å². The van der Waals surface area contributed by atoms with Crippen molar-refractivity contribution in [3.8, 4) is 0 Å². The zero-order valence-electron chi connectivity index (χ0n) is 12.1. The summed E-state index contributed by atoms with van der Waals surface area (Å²) in [6.07, 6.45) is 5.36. The van der Waals surface area contributed by atoms with Crippen molar-refractivity contribution >= 4 is 5.69 Å². The number of rotatable bonds is 4. The molecule has 1 saturated heterocycles. The molecule has 1 aromatic rings. The summed E-state index contributed by atoms with van der Waals surface area (Å²) in [4.78, 5) is 2.62. The molecule has 2 atom stereocenters. The first-order valence-electron chi connectivity index (χ1n) is 7.86. The zero-order chi connectivity index (χ0) is 13.1. The van der Waals surface area contributed by atoms with Crippen LogP contribution < -0.4 is 10.2 Å². The van der Waals surface area contributed by atoms with Crippen molar-refractivity contribution in [2.75, 3.05) is 31.1 Å². The van der Waals surface area contributed by atoms with E-state index in [1.165, 1.54) is 57.5 Å². The lowest BCUT2D eigenvalue weighted by Crippen LogP contribution is -2.35. The molecular weight excluding hydrogens is 232 g/mol. The molecule has 1 aromatic carbocycles. The maximum absolute atomic E-state index is 3.47. The molecule has 1 N–H and O–H groups in total. The van der Waals surface area contributed by atoms with Gasteiger partial charge < -0.3 is 10.2 Å². The van der Waals surface area contributed by atoms with E-state index in [4.69, 9.17) is 0 Å². The fourth-order valence-corrected chi connectivity index (χ4v) is 3.65. The van der Waals surface area contributed by atoms with Crippen LogP contribution in [0.4, 0.5) is 5.69 Å². The molecule has 2 unspecified atom stereocenters. The molecule has 0 bridgehead atoms. The third-order valence-electron chi connectivity index (χ3n) is 4.64. The molecule has 2 nitrogen and oxygen atoms in total. The second kappa shape index (κ2) is 5.96. The standard InChI is InChI=1S/C17H26N2/c1-14-11-16-6-2-3-7-17(16)19(13-14)10-4-5-15-8-9-18-12-15/h2-3,6-7,14-15,18H,4-5,8-13H2,1H3. The van der Waals surface area contributed by atoms with Crippen LogP contribution in [0.25, 0.3) is 0 Å². The Morgan fingerprint density at radius 3 is 3.05 bits per heavy atom.